The van der Waals surface area contributed by atoms with E-state index in [1.165, 1.54) is 29.5 Å². The molecule has 2 fully saturated rings. The van der Waals surface area contributed by atoms with Gasteiger partial charge in [0.1, 0.15) is 0 Å². The fourth-order valence-corrected chi connectivity index (χ4v) is 5.10. The van der Waals surface area contributed by atoms with Gasteiger partial charge in [-0.3, -0.25) is 0 Å². The predicted molar refractivity (Wildman–Crippen MR) is 103 cm³/mol. The minimum atomic E-state index is -0.404. The van der Waals surface area contributed by atoms with Crippen molar-refractivity contribution in [1.82, 2.24) is 4.90 Å². The van der Waals surface area contributed by atoms with E-state index in [1.807, 2.05) is 0 Å². The normalized spacial score (nSPS) is 30.4. The van der Waals surface area contributed by atoms with E-state index in [0.29, 0.717) is 18.0 Å². The molecule has 4 rings (SSSR count). The molecule has 0 amide bonds. The van der Waals surface area contributed by atoms with Crippen molar-refractivity contribution in [2.24, 2.45) is 5.92 Å². The van der Waals surface area contributed by atoms with Crippen LogP contribution < -0.4 is 0 Å². The molecule has 25 heavy (non-hydrogen) atoms. The van der Waals surface area contributed by atoms with E-state index in [0.717, 1.165) is 12.0 Å². The van der Waals surface area contributed by atoms with Gasteiger partial charge in [0.15, 0.2) is 0 Å². The van der Waals surface area contributed by atoms with E-state index in [4.69, 9.17) is 0 Å². The Hall–Kier alpha value is -1.64. The van der Waals surface area contributed by atoms with Crippen LogP contribution in [0.1, 0.15) is 53.5 Å². The number of aliphatic hydroxyl groups is 1. The zero-order valence-electron chi connectivity index (χ0n) is 15.5. The van der Waals surface area contributed by atoms with Crippen molar-refractivity contribution in [2.45, 2.75) is 57.2 Å². The first-order chi connectivity index (χ1) is 12.0. The third-order valence-corrected chi connectivity index (χ3v) is 6.62. The summed E-state index contributed by atoms with van der Waals surface area (Å²) < 4.78 is 0. The Bertz CT molecular complexity index is 721. The van der Waals surface area contributed by atoms with Crippen LogP contribution in [0.2, 0.25) is 0 Å². The maximum atomic E-state index is 11.3. The standard InChI is InChI=1S/C23H29NO/c1-15-4-8-17(9-5-15)20-14-19-12-13-21(24(19)3)22(20)23(25)18-10-6-16(2)7-11-18/h4-11,19-23,25H,12-14H2,1-3H3/t19?,20-,21?,22+,23-/m1/s1. The average molecular weight is 335 g/mol. The van der Waals surface area contributed by atoms with E-state index in [1.54, 1.807) is 0 Å². The molecule has 2 aliphatic rings. The smallest absolute Gasteiger partial charge is 0.0839 e. The van der Waals surface area contributed by atoms with Gasteiger partial charge >= 0.3 is 0 Å². The highest BCUT2D eigenvalue weighted by atomic mass is 16.3. The fourth-order valence-electron chi connectivity index (χ4n) is 5.10. The van der Waals surface area contributed by atoms with Gasteiger partial charge in [-0.2, -0.15) is 0 Å². The van der Waals surface area contributed by atoms with Gasteiger partial charge < -0.3 is 10.0 Å². The van der Waals surface area contributed by atoms with Crippen LogP contribution >= 0.6 is 0 Å². The van der Waals surface area contributed by atoms with Crippen molar-refractivity contribution in [3.8, 4) is 0 Å². The van der Waals surface area contributed by atoms with Crippen LogP contribution in [0.3, 0.4) is 0 Å². The van der Waals surface area contributed by atoms with E-state index in [2.05, 4.69) is 74.3 Å². The third-order valence-electron chi connectivity index (χ3n) is 6.62. The summed E-state index contributed by atoms with van der Waals surface area (Å²) in [5.74, 6) is 0.694. The van der Waals surface area contributed by atoms with Crippen LogP contribution in [0.25, 0.3) is 0 Å². The lowest BCUT2D eigenvalue weighted by atomic mass is 9.72. The van der Waals surface area contributed by atoms with Gasteiger partial charge in [-0.15, -0.1) is 0 Å². The second-order valence-corrected chi connectivity index (χ2v) is 8.15. The van der Waals surface area contributed by atoms with Crippen LogP contribution in [0.5, 0.6) is 0 Å². The van der Waals surface area contributed by atoms with Gasteiger partial charge in [-0.25, -0.2) is 0 Å². The maximum absolute atomic E-state index is 11.3. The van der Waals surface area contributed by atoms with Crippen molar-refractivity contribution in [3.05, 3.63) is 70.8 Å². The van der Waals surface area contributed by atoms with E-state index >= 15 is 0 Å². The minimum Gasteiger partial charge on any atom is -0.388 e. The summed E-state index contributed by atoms with van der Waals surface area (Å²) in [4.78, 5) is 2.53. The summed E-state index contributed by atoms with van der Waals surface area (Å²) in [7, 11) is 2.25. The van der Waals surface area contributed by atoms with Crippen LogP contribution in [0.15, 0.2) is 48.5 Å². The molecule has 0 spiro atoms. The number of piperidine rings is 1. The Kier molecular flexibility index (Phi) is 4.43. The molecule has 132 valence electrons. The molecule has 5 atom stereocenters. The molecule has 0 radical (unpaired) electrons. The van der Waals surface area contributed by atoms with Crippen LogP contribution in [0, 0.1) is 19.8 Å². The van der Waals surface area contributed by atoms with Gasteiger partial charge in [-0.1, -0.05) is 59.7 Å². The molecule has 1 N–H and O–H groups in total. The van der Waals surface area contributed by atoms with Gasteiger partial charge in [0.05, 0.1) is 6.10 Å². The Labute approximate surface area is 151 Å². The molecule has 0 aliphatic carbocycles. The lowest BCUT2D eigenvalue weighted by molar-refractivity contribution is 0.00309. The zero-order chi connectivity index (χ0) is 17.6. The number of benzene rings is 2. The molecule has 0 aromatic heterocycles. The maximum Gasteiger partial charge on any atom is 0.0839 e. The summed E-state index contributed by atoms with van der Waals surface area (Å²) in [6.07, 6.45) is 3.22. The van der Waals surface area contributed by atoms with Crippen LogP contribution in [-0.2, 0) is 0 Å². The second kappa shape index (κ2) is 6.59. The Morgan fingerprint density at radius 2 is 1.52 bits per heavy atom. The Balaban J connectivity index is 1.71. The monoisotopic (exact) mass is 335 g/mol. The summed E-state index contributed by atoms with van der Waals surface area (Å²) in [6.45, 7) is 4.24. The lowest BCUT2D eigenvalue weighted by Crippen LogP contribution is -2.47. The predicted octanol–water partition coefficient (Wildman–Crippen LogP) is 4.60. The molecular formula is C23H29NO. The summed E-state index contributed by atoms with van der Waals surface area (Å²) >= 11 is 0. The first kappa shape index (κ1) is 16.8. The van der Waals surface area contributed by atoms with Gasteiger partial charge in [0.2, 0.25) is 0 Å². The van der Waals surface area contributed by atoms with Crippen molar-refractivity contribution in [2.75, 3.05) is 7.05 Å². The molecule has 2 aliphatic heterocycles. The van der Waals surface area contributed by atoms with Crippen molar-refractivity contribution in [3.63, 3.8) is 0 Å². The topological polar surface area (TPSA) is 23.5 Å². The average Bonchev–Trinajstić information content (AvgIpc) is 2.85. The number of aliphatic hydroxyl groups excluding tert-OH is 1. The number of hydrogen-bond acceptors (Lipinski definition) is 2. The highest BCUT2D eigenvalue weighted by molar-refractivity contribution is 5.30. The Morgan fingerprint density at radius 1 is 0.920 bits per heavy atom. The van der Waals surface area contributed by atoms with Crippen molar-refractivity contribution in [1.29, 1.82) is 0 Å². The van der Waals surface area contributed by atoms with Gasteiger partial charge in [0, 0.05) is 18.0 Å². The first-order valence-corrected chi connectivity index (χ1v) is 9.57. The number of rotatable bonds is 3. The molecule has 0 saturated carbocycles. The summed E-state index contributed by atoms with van der Waals surface area (Å²) in [5, 5.41) is 11.3. The molecule has 2 aromatic carbocycles. The molecular weight excluding hydrogens is 306 g/mol. The fraction of sp³-hybridized carbons (Fsp3) is 0.478. The minimum absolute atomic E-state index is 0.258. The van der Waals surface area contributed by atoms with Crippen molar-refractivity contribution < 1.29 is 5.11 Å². The Morgan fingerprint density at radius 3 is 2.16 bits per heavy atom. The number of fused-ring (bicyclic) bond motifs is 2. The van der Waals surface area contributed by atoms with Crippen LogP contribution in [-0.4, -0.2) is 29.1 Å². The third kappa shape index (κ3) is 3.02. The molecule has 2 heterocycles. The molecule has 2 unspecified atom stereocenters. The van der Waals surface area contributed by atoms with E-state index in [9.17, 15) is 5.11 Å². The van der Waals surface area contributed by atoms with Crippen molar-refractivity contribution >= 4 is 0 Å². The quantitative estimate of drug-likeness (QED) is 0.886. The molecule has 2 nitrogen and oxygen atoms in total. The summed E-state index contributed by atoms with van der Waals surface area (Å²) in [6, 6.07) is 18.6. The molecule has 2 heteroatoms. The van der Waals surface area contributed by atoms with Gasteiger partial charge in [-0.05, 0) is 57.2 Å². The van der Waals surface area contributed by atoms with Crippen LogP contribution in [0.4, 0.5) is 0 Å². The molecule has 2 bridgehead atoms. The second-order valence-electron chi connectivity index (χ2n) is 8.15. The molecule has 2 aromatic rings. The number of nitrogens with zero attached hydrogens (tertiary/aromatic N) is 1. The highest BCUT2D eigenvalue weighted by Crippen LogP contribution is 2.50. The highest BCUT2D eigenvalue weighted by Gasteiger charge is 2.48. The largest absolute Gasteiger partial charge is 0.388 e. The SMILES string of the molecule is Cc1ccc([C@@H](O)[C@@H]2C3CCC(C[C@@H]2c2ccc(C)cc2)N3C)cc1. The van der Waals surface area contributed by atoms with E-state index < -0.39 is 6.10 Å². The zero-order valence-corrected chi connectivity index (χ0v) is 15.5. The first-order valence-electron chi connectivity index (χ1n) is 9.57. The lowest BCUT2D eigenvalue weighted by Gasteiger charge is -2.45. The summed E-state index contributed by atoms with van der Waals surface area (Å²) in [5.41, 5.74) is 5.00. The molecule has 2 saturated heterocycles. The number of hydrogen-bond donors (Lipinski definition) is 1. The van der Waals surface area contributed by atoms with E-state index in [-0.39, 0.29) is 5.92 Å². The van der Waals surface area contributed by atoms with Gasteiger partial charge in [0.25, 0.3) is 0 Å². The number of aryl methyl sites for hydroxylation is 2.